The maximum Gasteiger partial charge on any atom is 0.318 e. The summed E-state index contributed by atoms with van der Waals surface area (Å²) < 4.78 is 29.6. The molecule has 0 bridgehead atoms. The zero-order valence-electron chi connectivity index (χ0n) is 9.96. The first-order chi connectivity index (χ1) is 7.92. The summed E-state index contributed by atoms with van der Waals surface area (Å²) in [6, 6.07) is 0. The van der Waals surface area contributed by atoms with Gasteiger partial charge >= 0.3 is 5.97 Å². The Kier molecular flexibility index (Phi) is 5.35. The third-order valence-electron chi connectivity index (χ3n) is 2.96. The minimum Gasteiger partial charge on any atom is -0.480 e. The average Bonchev–Trinajstić information content (AvgIpc) is 2.27. The van der Waals surface area contributed by atoms with Crippen LogP contribution in [0.2, 0.25) is 0 Å². The largest absolute Gasteiger partial charge is 0.480 e. The van der Waals surface area contributed by atoms with Gasteiger partial charge in [0.1, 0.15) is 6.54 Å². The highest BCUT2D eigenvalue weighted by atomic mass is 32.2. The molecular formula is C10H19NO5S. The van der Waals surface area contributed by atoms with Gasteiger partial charge in [-0.1, -0.05) is 0 Å². The van der Waals surface area contributed by atoms with Crippen LogP contribution in [0, 0.1) is 5.92 Å². The van der Waals surface area contributed by atoms with E-state index in [1.165, 1.54) is 7.05 Å². The lowest BCUT2D eigenvalue weighted by Crippen LogP contribution is -2.34. The van der Waals surface area contributed by atoms with E-state index in [0.717, 1.165) is 17.1 Å². The highest BCUT2D eigenvalue weighted by molar-refractivity contribution is 7.89. The van der Waals surface area contributed by atoms with Crippen molar-refractivity contribution in [3.8, 4) is 0 Å². The summed E-state index contributed by atoms with van der Waals surface area (Å²) >= 11 is 0. The number of nitrogens with zero attached hydrogens (tertiary/aromatic N) is 1. The van der Waals surface area contributed by atoms with Gasteiger partial charge in [-0.2, -0.15) is 4.31 Å². The van der Waals surface area contributed by atoms with Crippen LogP contribution < -0.4 is 0 Å². The first kappa shape index (κ1) is 14.4. The Morgan fingerprint density at radius 1 is 1.41 bits per heavy atom. The lowest BCUT2D eigenvalue weighted by molar-refractivity contribution is -0.137. The summed E-state index contributed by atoms with van der Waals surface area (Å²) in [5.41, 5.74) is 0. The number of carbonyl (C=O) groups is 1. The van der Waals surface area contributed by atoms with Gasteiger partial charge in [0.2, 0.25) is 10.0 Å². The summed E-state index contributed by atoms with van der Waals surface area (Å²) in [7, 11) is -2.14. The van der Waals surface area contributed by atoms with Gasteiger partial charge < -0.3 is 9.84 Å². The van der Waals surface area contributed by atoms with E-state index in [1.54, 1.807) is 0 Å². The average molecular weight is 265 g/mol. The number of hydrogen-bond donors (Lipinski definition) is 1. The number of sulfonamides is 1. The normalized spacial score (nSPS) is 18.5. The molecule has 6 nitrogen and oxygen atoms in total. The fourth-order valence-electron chi connectivity index (χ4n) is 1.80. The summed E-state index contributed by atoms with van der Waals surface area (Å²) in [6.45, 7) is 0.904. The zero-order chi connectivity index (χ0) is 12.9. The molecule has 1 N–H and O–H groups in total. The van der Waals surface area contributed by atoms with Crippen molar-refractivity contribution in [2.24, 2.45) is 5.92 Å². The van der Waals surface area contributed by atoms with Crippen LogP contribution in [0.1, 0.15) is 19.3 Å². The van der Waals surface area contributed by atoms with Crippen LogP contribution in [0.25, 0.3) is 0 Å². The lowest BCUT2D eigenvalue weighted by Gasteiger charge is -2.23. The summed E-state index contributed by atoms with van der Waals surface area (Å²) in [5.74, 6) is -0.750. The van der Waals surface area contributed by atoms with Gasteiger partial charge in [-0.25, -0.2) is 8.42 Å². The van der Waals surface area contributed by atoms with Crippen molar-refractivity contribution in [3.05, 3.63) is 0 Å². The number of ether oxygens (including phenoxy) is 1. The second-order valence-corrected chi connectivity index (χ2v) is 6.51. The third kappa shape index (κ3) is 5.01. The second-order valence-electron chi connectivity index (χ2n) is 4.31. The predicted octanol–water partition coefficient (Wildman–Crippen LogP) is 0.149. The van der Waals surface area contributed by atoms with E-state index < -0.39 is 22.5 Å². The molecule has 1 rings (SSSR count). The molecule has 0 aliphatic carbocycles. The molecular weight excluding hydrogens is 246 g/mol. The molecule has 1 aliphatic heterocycles. The molecule has 0 radical (unpaired) electrons. The molecule has 0 atom stereocenters. The van der Waals surface area contributed by atoms with Gasteiger partial charge in [0.25, 0.3) is 0 Å². The van der Waals surface area contributed by atoms with Crippen LogP contribution >= 0.6 is 0 Å². The van der Waals surface area contributed by atoms with Crippen molar-refractivity contribution in [2.75, 3.05) is 32.6 Å². The van der Waals surface area contributed by atoms with Crippen molar-refractivity contribution in [2.45, 2.75) is 19.3 Å². The number of aliphatic carboxylic acids is 1. The SMILES string of the molecule is CN(CC(=O)O)S(=O)(=O)CCC1CCOCC1. The molecule has 0 aromatic heterocycles. The van der Waals surface area contributed by atoms with E-state index in [-0.39, 0.29) is 5.75 Å². The predicted molar refractivity (Wildman–Crippen MR) is 62.2 cm³/mol. The van der Waals surface area contributed by atoms with Gasteiger partial charge in [0.15, 0.2) is 0 Å². The van der Waals surface area contributed by atoms with Crippen LogP contribution in [-0.2, 0) is 19.6 Å². The highest BCUT2D eigenvalue weighted by Gasteiger charge is 2.23. The van der Waals surface area contributed by atoms with E-state index in [4.69, 9.17) is 9.84 Å². The molecule has 0 spiro atoms. The van der Waals surface area contributed by atoms with Crippen molar-refractivity contribution >= 4 is 16.0 Å². The highest BCUT2D eigenvalue weighted by Crippen LogP contribution is 2.19. The van der Waals surface area contributed by atoms with Gasteiger partial charge in [0.05, 0.1) is 5.75 Å². The summed E-state index contributed by atoms with van der Waals surface area (Å²) in [4.78, 5) is 10.4. The third-order valence-corrected chi connectivity index (χ3v) is 4.79. The molecule has 1 aliphatic rings. The summed E-state index contributed by atoms with van der Waals surface area (Å²) in [6.07, 6.45) is 2.35. The van der Waals surface area contributed by atoms with Crippen LogP contribution in [0.4, 0.5) is 0 Å². The van der Waals surface area contributed by atoms with Crippen LogP contribution in [0.3, 0.4) is 0 Å². The van der Waals surface area contributed by atoms with E-state index in [2.05, 4.69) is 0 Å². The molecule has 0 amide bonds. The topological polar surface area (TPSA) is 83.9 Å². The van der Waals surface area contributed by atoms with Gasteiger partial charge in [-0.15, -0.1) is 0 Å². The zero-order valence-corrected chi connectivity index (χ0v) is 10.8. The minimum absolute atomic E-state index is 0.0153. The van der Waals surface area contributed by atoms with Crippen molar-refractivity contribution < 1.29 is 23.1 Å². The van der Waals surface area contributed by atoms with Crippen molar-refractivity contribution in [1.29, 1.82) is 0 Å². The fraction of sp³-hybridized carbons (Fsp3) is 0.900. The van der Waals surface area contributed by atoms with Gasteiger partial charge in [-0.3, -0.25) is 4.79 Å². The molecule has 0 aromatic carbocycles. The Hall–Kier alpha value is -0.660. The van der Waals surface area contributed by atoms with Crippen LogP contribution in [0.15, 0.2) is 0 Å². The standard InChI is InChI=1S/C10H19NO5S/c1-11(8-10(12)13)17(14,15)7-4-9-2-5-16-6-3-9/h9H,2-8H2,1H3,(H,12,13). The molecule has 0 aromatic rings. The van der Waals surface area contributed by atoms with Crippen LogP contribution in [0.5, 0.6) is 0 Å². The Bertz CT molecular complexity index is 348. The molecule has 0 unspecified atom stereocenters. The number of carboxylic acid groups (broad SMARTS) is 1. The van der Waals surface area contributed by atoms with E-state index in [9.17, 15) is 13.2 Å². The van der Waals surface area contributed by atoms with Gasteiger partial charge in [0, 0.05) is 20.3 Å². The quantitative estimate of drug-likeness (QED) is 0.739. The van der Waals surface area contributed by atoms with Crippen LogP contribution in [-0.4, -0.2) is 56.4 Å². The van der Waals surface area contributed by atoms with Gasteiger partial charge in [-0.05, 0) is 25.2 Å². The smallest absolute Gasteiger partial charge is 0.318 e. The maximum atomic E-state index is 11.7. The van der Waals surface area contributed by atoms with Crippen molar-refractivity contribution in [3.63, 3.8) is 0 Å². The minimum atomic E-state index is -3.44. The molecule has 17 heavy (non-hydrogen) atoms. The first-order valence-electron chi connectivity index (χ1n) is 5.65. The Balaban J connectivity index is 2.40. The number of likely N-dealkylation sites (N-methyl/N-ethyl adjacent to an activating group) is 1. The maximum absolute atomic E-state index is 11.7. The Morgan fingerprint density at radius 2 is 2.00 bits per heavy atom. The molecule has 1 saturated heterocycles. The number of carboxylic acids is 1. The second kappa shape index (κ2) is 6.32. The lowest BCUT2D eigenvalue weighted by atomic mass is 9.98. The molecule has 1 fully saturated rings. The number of hydrogen-bond acceptors (Lipinski definition) is 4. The number of rotatable bonds is 6. The fourth-order valence-corrected chi connectivity index (χ4v) is 3.05. The molecule has 1 heterocycles. The summed E-state index contributed by atoms with van der Waals surface area (Å²) in [5, 5.41) is 8.54. The molecule has 0 saturated carbocycles. The molecule has 100 valence electrons. The molecule has 7 heteroatoms. The Labute approximate surface area is 102 Å². The first-order valence-corrected chi connectivity index (χ1v) is 7.26. The monoisotopic (exact) mass is 265 g/mol. The Morgan fingerprint density at radius 3 is 2.53 bits per heavy atom. The van der Waals surface area contributed by atoms with Crippen molar-refractivity contribution in [1.82, 2.24) is 4.31 Å². The van der Waals surface area contributed by atoms with E-state index in [0.29, 0.717) is 25.6 Å². The van der Waals surface area contributed by atoms with E-state index in [1.807, 2.05) is 0 Å². The van der Waals surface area contributed by atoms with E-state index >= 15 is 0 Å².